The van der Waals surface area contributed by atoms with Gasteiger partial charge in [0.15, 0.2) is 0 Å². The molecular formula is C23H25N3O3. The molecule has 1 N–H and O–H groups in total. The highest BCUT2D eigenvalue weighted by atomic mass is 16.5. The van der Waals surface area contributed by atoms with E-state index in [9.17, 15) is 4.79 Å². The van der Waals surface area contributed by atoms with Crippen LogP contribution in [0.1, 0.15) is 40.9 Å². The molecule has 0 saturated heterocycles. The van der Waals surface area contributed by atoms with Crippen molar-refractivity contribution in [2.45, 2.75) is 39.5 Å². The van der Waals surface area contributed by atoms with Crippen molar-refractivity contribution in [2.24, 2.45) is 0 Å². The van der Waals surface area contributed by atoms with Crippen LogP contribution in [0.2, 0.25) is 0 Å². The number of carbonyl (C=O) groups excluding carboxylic acids is 1. The first-order valence-electron chi connectivity index (χ1n) is 9.90. The Hall–Kier alpha value is -3.28. The maximum absolute atomic E-state index is 12.7. The summed E-state index contributed by atoms with van der Waals surface area (Å²) in [5.41, 5.74) is 3.75. The number of amides is 1. The van der Waals surface area contributed by atoms with Crippen LogP contribution in [0.25, 0.3) is 0 Å². The van der Waals surface area contributed by atoms with E-state index in [0.29, 0.717) is 25.3 Å². The lowest BCUT2D eigenvalue weighted by Gasteiger charge is -2.14. The SMILES string of the molecule is CCOc1cc2c(cc1CNC(=O)c1cccc(Cn3ccnc3)c1)O[C@H](C)C2. The summed E-state index contributed by atoms with van der Waals surface area (Å²) in [5, 5.41) is 3.01. The van der Waals surface area contributed by atoms with Gasteiger partial charge in [-0.1, -0.05) is 12.1 Å². The smallest absolute Gasteiger partial charge is 0.251 e. The Balaban J connectivity index is 1.46. The summed E-state index contributed by atoms with van der Waals surface area (Å²) < 4.78 is 13.6. The lowest BCUT2D eigenvalue weighted by molar-refractivity contribution is 0.0950. The fourth-order valence-electron chi connectivity index (χ4n) is 3.59. The summed E-state index contributed by atoms with van der Waals surface area (Å²) in [4.78, 5) is 16.8. The normalized spacial score (nSPS) is 14.9. The van der Waals surface area contributed by atoms with Crippen molar-refractivity contribution in [1.82, 2.24) is 14.9 Å². The van der Waals surface area contributed by atoms with E-state index in [1.807, 2.05) is 54.1 Å². The molecule has 1 aliphatic rings. The highest BCUT2D eigenvalue weighted by Gasteiger charge is 2.22. The van der Waals surface area contributed by atoms with E-state index in [1.165, 1.54) is 0 Å². The summed E-state index contributed by atoms with van der Waals surface area (Å²) in [6.45, 7) is 5.65. The van der Waals surface area contributed by atoms with Gasteiger partial charge in [0, 0.05) is 48.6 Å². The number of nitrogens with zero attached hydrogens (tertiary/aromatic N) is 2. The van der Waals surface area contributed by atoms with Crippen molar-refractivity contribution >= 4 is 5.91 Å². The van der Waals surface area contributed by atoms with Crippen LogP contribution in [0.4, 0.5) is 0 Å². The van der Waals surface area contributed by atoms with Gasteiger partial charge in [-0.3, -0.25) is 4.79 Å². The third-order valence-corrected chi connectivity index (χ3v) is 4.93. The van der Waals surface area contributed by atoms with Gasteiger partial charge in [0.2, 0.25) is 0 Å². The number of carbonyl (C=O) groups is 1. The van der Waals surface area contributed by atoms with E-state index in [0.717, 1.165) is 34.6 Å². The molecule has 29 heavy (non-hydrogen) atoms. The minimum absolute atomic E-state index is 0.116. The molecule has 6 nitrogen and oxygen atoms in total. The molecule has 0 bridgehead atoms. The number of imidazole rings is 1. The zero-order chi connectivity index (χ0) is 20.2. The van der Waals surface area contributed by atoms with Gasteiger partial charge in [-0.05, 0) is 43.7 Å². The maximum Gasteiger partial charge on any atom is 0.251 e. The minimum Gasteiger partial charge on any atom is -0.494 e. The molecule has 2 aromatic carbocycles. The van der Waals surface area contributed by atoms with Gasteiger partial charge in [0.25, 0.3) is 5.91 Å². The average molecular weight is 391 g/mol. The van der Waals surface area contributed by atoms with Crippen LogP contribution in [0.3, 0.4) is 0 Å². The van der Waals surface area contributed by atoms with Crippen molar-refractivity contribution in [1.29, 1.82) is 0 Å². The summed E-state index contributed by atoms with van der Waals surface area (Å²) in [6, 6.07) is 11.7. The molecule has 0 unspecified atom stereocenters. The number of aromatic nitrogens is 2. The van der Waals surface area contributed by atoms with E-state index in [2.05, 4.69) is 17.2 Å². The monoisotopic (exact) mass is 391 g/mol. The predicted molar refractivity (Wildman–Crippen MR) is 110 cm³/mol. The molecule has 0 radical (unpaired) electrons. The van der Waals surface area contributed by atoms with Crippen molar-refractivity contribution in [3.05, 3.63) is 77.4 Å². The Morgan fingerprint density at radius 2 is 2.24 bits per heavy atom. The van der Waals surface area contributed by atoms with Crippen molar-refractivity contribution < 1.29 is 14.3 Å². The van der Waals surface area contributed by atoms with Gasteiger partial charge in [-0.2, -0.15) is 0 Å². The zero-order valence-corrected chi connectivity index (χ0v) is 16.7. The molecule has 1 aliphatic heterocycles. The molecule has 150 valence electrons. The van der Waals surface area contributed by atoms with Gasteiger partial charge in [-0.25, -0.2) is 4.98 Å². The van der Waals surface area contributed by atoms with E-state index in [-0.39, 0.29) is 12.0 Å². The highest BCUT2D eigenvalue weighted by molar-refractivity contribution is 5.94. The average Bonchev–Trinajstić information content (AvgIpc) is 3.34. The zero-order valence-electron chi connectivity index (χ0n) is 16.7. The Morgan fingerprint density at radius 3 is 3.03 bits per heavy atom. The molecule has 0 spiro atoms. The Labute approximate surface area is 170 Å². The molecule has 6 heteroatoms. The van der Waals surface area contributed by atoms with Crippen molar-refractivity contribution in [3.8, 4) is 11.5 Å². The number of fused-ring (bicyclic) bond motifs is 1. The van der Waals surface area contributed by atoms with Crippen LogP contribution in [-0.4, -0.2) is 28.2 Å². The first kappa shape index (κ1) is 19.1. The van der Waals surface area contributed by atoms with E-state index in [4.69, 9.17) is 9.47 Å². The topological polar surface area (TPSA) is 65.4 Å². The van der Waals surface area contributed by atoms with Gasteiger partial charge in [-0.15, -0.1) is 0 Å². The summed E-state index contributed by atoms with van der Waals surface area (Å²) >= 11 is 0. The molecule has 1 atom stereocenters. The Kier molecular flexibility index (Phi) is 5.51. The number of ether oxygens (including phenoxy) is 2. The third kappa shape index (κ3) is 4.42. The lowest BCUT2D eigenvalue weighted by atomic mass is 10.1. The molecule has 1 aromatic heterocycles. The first-order valence-corrected chi connectivity index (χ1v) is 9.90. The molecule has 0 aliphatic carbocycles. The van der Waals surface area contributed by atoms with Crippen LogP contribution in [0, 0.1) is 0 Å². The fourth-order valence-corrected chi connectivity index (χ4v) is 3.59. The third-order valence-electron chi connectivity index (χ3n) is 4.93. The second-order valence-electron chi connectivity index (χ2n) is 7.25. The minimum atomic E-state index is -0.116. The summed E-state index contributed by atoms with van der Waals surface area (Å²) in [6.07, 6.45) is 6.46. The second kappa shape index (κ2) is 8.39. The largest absolute Gasteiger partial charge is 0.494 e. The number of benzene rings is 2. The summed E-state index contributed by atoms with van der Waals surface area (Å²) in [7, 11) is 0. The number of rotatable bonds is 7. The molecule has 0 fully saturated rings. The van der Waals surface area contributed by atoms with Crippen LogP contribution in [0.5, 0.6) is 11.5 Å². The quantitative estimate of drug-likeness (QED) is 0.669. The molecular weight excluding hydrogens is 366 g/mol. The Bertz CT molecular complexity index is 999. The van der Waals surface area contributed by atoms with E-state index < -0.39 is 0 Å². The first-order chi connectivity index (χ1) is 14.1. The van der Waals surface area contributed by atoms with Gasteiger partial charge < -0.3 is 19.4 Å². The van der Waals surface area contributed by atoms with Gasteiger partial charge >= 0.3 is 0 Å². The maximum atomic E-state index is 12.7. The molecule has 1 amide bonds. The molecule has 4 rings (SSSR count). The van der Waals surface area contributed by atoms with Crippen LogP contribution >= 0.6 is 0 Å². The molecule has 2 heterocycles. The predicted octanol–water partition coefficient (Wildman–Crippen LogP) is 3.58. The van der Waals surface area contributed by atoms with Crippen LogP contribution in [0.15, 0.2) is 55.1 Å². The standard InChI is InChI=1S/C23H25N3O3/c1-3-28-21-11-19-9-16(2)29-22(19)12-20(21)13-25-23(27)18-6-4-5-17(10-18)14-26-8-7-24-15-26/h4-8,10-12,15-16H,3,9,13-14H2,1-2H3,(H,25,27)/t16-/m1/s1. The lowest BCUT2D eigenvalue weighted by Crippen LogP contribution is -2.23. The van der Waals surface area contributed by atoms with E-state index >= 15 is 0 Å². The number of nitrogens with one attached hydrogen (secondary N) is 1. The molecule has 3 aromatic rings. The summed E-state index contributed by atoms with van der Waals surface area (Å²) in [5.74, 6) is 1.57. The van der Waals surface area contributed by atoms with E-state index in [1.54, 1.807) is 12.5 Å². The van der Waals surface area contributed by atoms with Crippen LogP contribution in [-0.2, 0) is 19.5 Å². The number of hydrogen-bond acceptors (Lipinski definition) is 4. The highest BCUT2D eigenvalue weighted by Crippen LogP contribution is 2.35. The van der Waals surface area contributed by atoms with Crippen molar-refractivity contribution in [2.75, 3.05) is 6.61 Å². The van der Waals surface area contributed by atoms with Crippen LogP contribution < -0.4 is 14.8 Å². The number of hydrogen-bond donors (Lipinski definition) is 1. The van der Waals surface area contributed by atoms with Gasteiger partial charge in [0.1, 0.15) is 17.6 Å². The van der Waals surface area contributed by atoms with Gasteiger partial charge in [0.05, 0.1) is 12.9 Å². The van der Waals surface area contributed by atoms with Crippen molar-refractivity contribution in [3.63, 3.8) is 0 Å². The molecule has 0 saturated carbocycles. The fraction of sp³-hybridized carbons (Fsp3) is 0.304. The second-order valence-corrected chi connectivity index (χ2v) is 7.25. The Morgan fingerprint density at radius 1 is 1.34 bits per heavy atom.